The molecular formula is C15H25NS. The van der Waals surface area contributed by atoms with Gasteiger partial charge < -0.3 is 5.32 Å². The molecule has 0 atom stereocenters. The van der Waals surface area contributed by atoms with Crippen LogP contribution in [0.15, 0.2) is 17.5 Å². The molecule has 1 aliphatic carbocycles. The Morgan fingerprint density at radius 2 is 2.24 bits per heavy atom. The molecule has 0 saturated heterocycles. The van der Waals surface area contributed by atoms with E-state index in [-0.39, 0.29) is 0 Å². The number of hydrogen-bond acceptors (Lipinski definition) is 2. The smallest absolute Gasteiger partial charge is 0.0177 e. The predicted octanol–water partition coefficient (Wildman–Crippen LogP) is 4.05. The van der Waals surface area contributed by atoms with Gasteiger partial charge in [-0.3, -0.25) is 0 Å². The number of thiophene rings is 1. The van der Waals surface area contributed by atoms with Gasteiger partial charge in [0.1, 0.15) is 0 Å². The SMILES string of the molecule is CCC1CC(CNCC(C)C)(c2cccs2)C1. The Bertz CT molecular complexity index is 323. The van der Waals surface area contributed by atoms with E-state index in [9.17, 15) is 0 Å². The van der Waals surface area contributed by atoms with Crippen molar-refractivity contribution in [2.45, 2.75) is 45.4 Å². The third-order valence-electron chi connectivity index (χ3n) is 4.00. The summed E-state index contributed by atoms with van der Waals surface area (Å²) in [6.07, 6.45) is 4.11. The molecule has 0 unspecified atom stereocenters. The van der Waals surface area contributed by atoms with E-state index < -0.39 is 0 Å². The van der Waals surface area contributed by atoms with Crippen molar-refractivity contribution in [3.63, 3.8) is 0 Å². The molecule has 96 valence electrons. The van der Waals surface area contributed by atoms with Crippen LogP contribution < -0.4 is 5.32 Å². The quantitative estimate of drug-likeness (QED) is 0.804. The highest BCUT2D eigenvalue weighted by Gasteiger charge is 2.44. The number of hydrogen-bond donors (Lipinski definition) is 1. The van der Waals surface area contributed by atoms with Crippen LogP contribution in [0.2, 0.25) is 0 Å². The van der Waals surface area contributed by atoms with E-state index in [1.165, 1.54) is 25.8 Å². The fraction of sp³-hybridized carbons (Fsp3) is 0.733. The first-order valence-corrected chi connectivity index (χ1v) is 7.79. The molecule has 1 fully saturated rings. The van der Waals surface area contributed by atoms with Crippen molar-refractivity contribution >= 4 is 11.3 Å². The molecule has 0 aliphatic heterocycles. The van der Waals surface area contributed by atoms with Crippen LogP contribution in [0.3, 0.4) is 0 Å². The predicted molar refractivity (Wildman–Crippen MR) is 76.7 cm³/mol. The average molecular weight is 251 g/mol. The molecule has 1 heterocycles. The fourth-order valence-corrected chi connectivity index (χ4v) is 3.90. The molecule has 2 heteroatoms. The molecule has 0 radical (unpaired) electrons. The summed E-state index contributed by atoms with van der Waals surface area (Å²) in [5.74, 6) is 1.70. The molecule has 17 heavy (non-hydrogen) atoms. The Morgan fingerprint density at radius 1 is 1.47 bits per heavy atom. The molecule has 1 nitrogen and oxygen atoms in total. The zero-order chi connectivity index (χ0) is 12.3. The van der Waals surface area contributed by atoms with E-state index >= 15 is 0 Å². The maximum atomic E-state index is 3.67. The maximum Gasteiger partial charge on any atom is 0.0177 e. The van der Waals surface area contributed by atoms with Crippen molar-refractivity contribution in [2.75, 3.05) is 13.1 Å². The molecule has 1 aromatic heterocycles. The van der Waals surface area contributed by atoms with Crippen LogP contribution in [-0.2, 0) is 5.41 Å². The van der Waals surface area contributed by atoms with E-state index in [0.29, 0.717) is 5.41 Å². The van der Waals surface area contributed by atoms with Gasteiger partial charge >= 0.3 is 0 Å². The van der Waals surface area contributed by atoms with Crippen molar-refractivity contribution < 1.29 is 0 Å². The summed E-state index contributed by atoms with van der Waals surface area (Å²) in [6, 6.07) is 4.52. The molecular weight excluding hydrogens is 226 g/mol. The maximum absolute atomic E-state index is 3.67. The summed E-state index contributed by atoms with van der Waals surface area (Å²) in [5.41, 5.74) is 0.462. The first kappa shape index (κ1) is 13.1. The molecule has 0 aromatic carbocycles. The van der Waals surface area contributed by atoms with Gasteiger partial charge in [0.15, 0.2) is 0 Å². The van der Waals surface area contributed by atoms with Gasteiger partial charge in [0.25, 0.3) is 0 Å². The largest absolute Gasteiger partial charge is 0.316 e. The molecule has 2 rings (SSSR count). The third kappa shape index (κ3) is 2.92. The topological polar surface area (TPSA) is 12.0 Å². The van der Waals surface area contributed by atoms with E-state index in [1.54, 1.807) is 4.88 Å². The highest BCUT2D eigenvalue weighted by Crippen LogP contribution is 2.50. The average Bonchev–Trinajstić information content (AvgIpc) is 2.74. The first-order chi connectivity index (χ1) is 8.16. The van der Waals surface area contributed by atoms with Crippen molar-refractivity contribution in [3.05, 3.63) is 22.4 Å². The standard InChI is InChI=1S/C15H25NS/c1-4-13-8-15(9-13,11-16-10-12(2)3)14-6-5-7-17-14/h5-7,12-13,16H,4,8-11H2,1-3H3. The second kappa shape index (κ2) is 5.53. The normalized spacial score (nSPS) is 28.4. The van der Waals surface area contributed by atoms with Gasteiger partial charge in [-0.15, -0.1) is 11.3 Å². The van der Waals surface area contributed by atoms with E-state index in [1.807, 2.05) is 11.3 Å². The lowest BCUT2D eigenvalue weighted by molar-refractivity contribution is 0.136. The lowest BCUT2D eigenvalue weighted by Crippen LogP contribution is -2.48. The fourth-order valence-electron chi connectivity index (χ4n) is 2.95. The minimum Gasteiger partial charge on any atom is -0.316 e. The highest BCUT2D eigenvalue weighted by atomic mass is 32.1. The zero-order valence-electron chi connectivity index (χ0n) is 11.3. The minimum absolute atomic E-state index is 0.462. The van der Waals surface area contributed by atoms with Crippen LogP contribution in [0.4, 0.5) is 0 Å². The van der Waals surface area contributed by atoms with Gasteiger partial charge in [0.05, 0.1) is 0 Å². The molecule has 0 bridgehead atoms. The first-order valence-electron chi connectivity index (χ1n) is 6.91. The van der Waals surface area contributed by atoms with E-state index in [2.05, 4.69) is 43.6 Å². The Balaban J connectivity index is 1.95. The Labute approximate surface area is 110 Å². The number of nitrogens with one attached hydrogen (secondary N) is 1. The van der Waals surface area contributed by atoms with Crippen LogP contribution in [0, 0.1) is 11.8 Å². The molecule has 1 N–H and O–H groups in total. The van der Waals surface area contributed by atoms with Crippen molar-refractivity contribution in [2.24, 2.45) is 11.8 Å². The van der Waals surface area contributed by atoms with Crippen molar-refractivity contribution in [3.8, 4) is 0 Å². The summed E-state index contributed by atoms with van der Waals surface area (Å²) < 4.78 is 0. The van der Waals surface area contributed by atoms with E-state index in [4.69, 9.17) is 0 Å². The lowest BCUT2D eigenvalue weighted by Gasteiger charge is -2.47. The summed E-state index contributed by atoms with van der Waals surface area (Å²) in [4.78, 5) is 1.60. The number of rotatable bonds is 6. The molecule has 1 saturated carbocycles. The van der Waals surface area contributed by atoms with Gasteiger partial charge in [0.2, 0.25) is 0 Å². The molecule has 1 aromatic rings. The summed E-state index contributed by atoms with van der Waals surface area (Å²) in [5, 5.41) is 5.89. The van der Waals surface area contributed by atoms with Crippen LogP contribution in [0.5, 0.6) is 0 Å². The summed E-state index contributed by atoms with van der Waals surface area (Å²) >= 11 is 1.94. The van der Waals surface area contributed by atoms with Crippen molar-refractivity contribution in [1.82, 2.24) is 5.32 Å². The van der Waals surface area contributed by atoms with Crippen LogP contribution in [-0.4, -0.2) is 13.1 Å². The lowest BCUT2D eigenvalue weighted by atomic mass is 9.60. The van der Waals surface area contributed by atoms with Gasteiger partial charge in [-0.25, -0.2) is 0 Å². The van der Waals surface area contributed by atoms with Crippen LogP contribution in [0.1, 0.15) is 44.9 Å². The van der Waals surface area contributed by atoms with Crippen LogP contribution >= 0.6 is 11.3 Å². The van der Waals surface area contributed by atoms with Crippen LogP contribution in [0.25, 0.3) is 0 Å². The summed E-state index contributed by atoms with van der Waals surface area (Å²) in [6.45, 7) is 9.19. The Kier molecular flexibility index (Phi) is 4.26. The minimum atomic E-state index is 0.462. The highest BCUT2D eigenvalue weighted by molar-refractivity contribution is 7.10. The van der Waals surface area contributed by atoms with Gasteiger partial charge in [0, 0.05) is 16.8 Å². The summed E-state index contributed by atoms with van der Waals surface area (Å²) in [7, 11) is 0. The molecule has 0 amide bonds. The Hall–Kier alpha value is -0.340. The van der Waals surface area contributed by atoms with Gasteiger partial charge in [-0.05, 0) is 42.7 Å². The second-order valence-electron chi connectivity index (χ2n) is 5.96. The van der Waals surface area contributed by atoms with Gasteiger partial charge in [-0.1, -0.05) is 33.3 Å². The zero-order valence-corrected chi connectivity index (χ0v) is 12.1. The monoisotopic (exact) mass is 251 g/mol. The molecule has 1 aliphatic rings. The molecule has 0 spiro atoms. The third-order valence-corrected chi connectivity index (χ3v) is 5.11. The second-order valence-corrected chi connectivity index (χ2v) is 6.91. The van der Waals surface area contributed by atoms with Crippen molar-refractivity contribution in [1.29, 1.82) is 0 Å². The Morgan fingerprint density at radius 3 is 2.76 bits per heavy atom. The van der Waals surface area contributed by atoms with E-state index in [0.717, 1.165) is 18.4 Å². The van der Waals surface area contributed by atoms with Gasteiger partial charge in [-0.2, -0.15) is 0 Å².